The lowest BCUT2D eigenvalue weighted by molar-refractivity contribution is 0.102. The van der Waals surface area contributed by atoms with Gasteiger partial charge in [0.25, 0.3) is 5.91 Å². The van der Waals surface area contributed by atoms with E-state index in [2.05, 4.69) is 42.9 Å². The molecule has 0 bridgehead atoms. The highest BCUT2D eigenvalue weighted by Crippen LogP contribution is 2.26. The number of carbonyl (C=O) groups excluding carboxylic acids is 1. The van der Waals surface area contributed by atoms with Crippen molar-refractivity contribution in [3.8, 4) is 11.8 Å². The van der Waals surface area contributed by atoms with Gasteiger partial charge in [-0.2, -0.15) is 0 Å². The highest BCUT2D eigenvalue weighted by molar-refractivity contribution is 7.14. The molecule has 2 aromatic rings. The zero-order valence-electron chi connectivity index (χ0n) is 12.2. The standard InChI is InChI=1S/C15H17N3OS2/c1-15(2,3)12-9-21-14(17-12)18-13(19)10-7-11(20-8-10)5-4-6-16/h7-9H,6,16H2,1-3H3,(H,17,18,19). The van der Waals surface area contributed by atoms with Gasteiger partial charge in [-0.1, -0.05) is 32.6 Å². The lowest BCUT2D eigenvalue weighted by atomic mass is 9.93. The Morgan fingerprint density at radius 3 is 2.76 bits per heavy atom. The number of aromatic nitrogens is 1. The molecule has 2 heterocycles. The van der Waals surface area contributed by atoms with E-state index >= 15 is 0 Å². The van der Waals surface area contributed by atoms with Crippen LogP contribution in [0.5, 0.6) is 0 Å². The number of carbonyl (C=O) groups is 1. The first kappa shape index (κ1) is 15.7. The van der Waals surface area contributed by atoms with Gasteiger partial charge < -0.3 is 5.73 Å². The van der Waals surface area contributed by atoms with Crippen LogP contribution in [-0.2, 0) is 5.41 Å². The molecule has 0 aromatic carbocycles. The summed E-state index contributed by atoms with van der Waals surface area (Å²) in [5, 5.41) is 7.20. The molecule has 0 aliphatic rings. The van der Waals surface area contributed by atoms with Crippen molar-refractivity contribution in [3.63, 3.8) is 0 Å². The SMILES string of the molecule is CC(C)(C)c1csc(NC(=O)c2csc(C#CCN)c2)n1. The molecule has 21 heavy (non-hydrogen) atoms. The molecule has 0 saturated heterocycles. The maximum atomic E-state index is 12.1. The van der Waals surface area contributed by atoms with E-state index in [0.717, 1.165) is 10.6 Å². The van der Waals surface area contributed by atoms with Crippen molar-refractivity contribution < 1.29 is 4.79 Å². The predicted octanol–water partition coefficient (Wildman–Crippen LogP) is 3.06. The van der Waals surface area contributed by atoms with Crippen LogP contribution in [0, 0.1) is 11.8 Å². The molecule has 0 aliphatic heterocycles. The summed E-state index contributed by atoms with van der Waals surface area (Å²) >= 11 is 2.87. The van der Waals surface area contributed by atoms with Crippen LogP contribution < -0.4 is 11.1 Å². The second kappa shape index (κ2) is 6.39. The fraction of sp³-hybridized carbons (Fsp3) is 0.333. The fourth-order valence-corrected chi connectivity index (χ4v) is 3.19. The topological polar surface area (TPSA) is 68.0 Å². The molecule has 6 heteroatoms. The Hall–Kier alpha value is -1.68. The largest absolute Gasteiger partial charge is 0.320 e. The second-order valence-corrected chi connectivity index (χ2v) is 7.22. The van der Waals surface area contributed by atoms with E-state index in [4.69, 9.17) is 5.73 Å². The number of hydrogen-bond donors (Lipinski definition) is 2. The van der Waals surface area contributed by atoms with Gasteiger partial charge >= 0.3 is 0 Å². The number of amides is 1. The third kappa shape index (κ3) is 4.14. The van der Waals surface area contributed by atoms with Gasteiger partial charge in [-0.05, 0) is 6.07 Å². The zero-order valence-corrected chi connectivity index (χ0v) is 13.8. The van der Waals surface area contributed by atoms with Crippen molar-refractivity contribution in [2.75, 3.05) is 11.9 Å². The smallest absolute Gasteiger partial charge is 0.258 e. The van der Waals surface area contributed by atoms with Gasteiger partial charge in [-0.25, -0.2) is 4.98 Å². The predicted molar refractivity (Wildman–Crippen MR) is 89.0 cm³/mol. The van der Waals surface area contributed by atoms with Crippen LogP contribution in [0.2, 0.25) is 0 Å². The van der Waals surface area contributed by atoms with Crippen LogP contribution in [0.3, 0.4) is 0 Å². The lowest BCUT2D eigenvalue weighted by Crippen LogP contribution is -2.13. The minimum absolute atomic E-state index is 0.0210. The van der Waals surface area contributed by atoms with E-state index in [0.29, 0.717) is 17.2 Å². The normalized spacial score (nSPS) is 10.9. The molecule has 1 amide bonds. The van der Waals surface area contributed by atoms with Gasteiger partial charge in [0.1, 0.15) is 0 Å². The summed E-state index contributed by atoms with van der Waals surface area (Å²) in [7, 11) is 0. The molecule has 110 valence electrons. The average Bonchev–Trinajstić information content (AvgIpc) is 3.04. The summed E-state index contributed by atoms with van der Waals surface area (Å²) in [6.07, 6.45) is 0. The average molecular weight is 319 g/mol. The van der Waals surface area contributed by atoms with Crippen molar-refractivity contribution >= 4 is 33.7 Å². The minimum Gasteiger partial charge on any atom is -0.320 e. The Labute approximate surface area is 132 Å². The molecule has 2 aromatic heterocycles. The molecule has 0 fully saturated rings. The molecule has 2 rings (SSSR count). The van der Waals surface area contributed by atoms with E-state index in [1.54, 1.807) is 11.4 Å². The molecule has 0 spiro atoms. The van der Waals surface area contributed by atoms with Gasteiger partial charge in [-0.15, -0.1) is 22.7 Å². The van der Waals surface area contributed by atoms with Crippen LogP contribution in [0.15, 0.2) is 16.8 Å². The van der Waals surface area contributed by atoms with Crippen LogP contribution in [0.1, 0.15) is 41.7 Å². The summed E-state index contributed by atoms with van der Waals surface area (Å²) in [6, 6.07) is 1.76. The van der Waals surface area contributed by atoms with E-state index in [1.807, 2.05) is 5.38 Å². The molecule has 0 saturated carbocycles. The summed E-state index contributed by atoms with van der Waals surface area (Å²) < 4.78 is 0. The van der Waals surface area contributed by atoms with E-state index < -0.39 is 0 Å². The van der Waals surface area contributed by atoms with Crippen molar-refractivity contribution in [1.29, 1.82) is 0 Å². The van der Waals surface area contributed by atoms with Gasteiger partial charge in [-0.3, -0.25) is 10.1 Å². The number of thiophene rings is 1. The molecule has 0 radical (unpaired) electrons. The van der Waals surface area contributed by atoms with Gasteiger partial charge in [0, 0.05) is 16.2 Å². The third-order valence-corrected chi connectivity index (χ3v) is 4.27. The Bertz CT molecular complexity index is 698. The van der Waals surface area contributed by atoms with Crippen molar-refractivity contribution in [2.24, 2.45) is 5.73 Å². The molecule has 4 nitrogen and oxygen atoms in total. The Balaban J connectivity index is 2.08. The lowest BCUT2D eigenvalue weighted by Gasteiger charge is -2.14. The number of rotatable bonds is 2. The fourth-order valence-electron chi connectivity index (χ4n) is 1.50. The molecule has 3 N–H and O–H groups in total. The Kier molecular flexibility index (Phi) is 4.78. The highest BCUT2D eigenvalue weighted by Gasteiger charge is 2.18. The first-order chi connectivity index (χ1) is 9.90. The first-order valence-electron chi connectivity index (χ1n) is 6.45. The third-order valence-electron chi connectivity index (χ3n) is 2.67. The highest BCUT2D eigenvalue weighted by atomic mass is 32.1. The number of nitrogens with zero attached hydrogens (tertiary/aromatic N) is 1. The summed E-state index contributed by atoms with van der Waals surface area (Å²) in [5.41, 5.74) is 6.87. The number of nitrogens with two attached hydrogens (primary N) is 1. The quantitative estimate of drug-likeness (QED) is 0.836. The molecular weight excluding hydrogens is 302 g/mol. The maximum Gasteiger partial charge on any atom is 0.258 e. The Morgan fingerprint density at radius 1 is 1.38 bits per heavy atom. The molecule has 0 unspecified atom stereocenters. The number of hydrogen-bond acceptors (Lipinski definition) is 5. The summed E-state index contributed by atoms with van der Waals surface area (Å²) in [6.45, 7) is 6.59. The number of anilines is 1. The molecule has 0 aliphatic carbocycles. The van der Waals surface area contributed by atoms with Gasteiger partial charge in [0.05, 0.1) is 22.7 Å². The van der Waals surface area contributed by atoms with Crippen molar-refractivity contribution in [2.45, 2.75) is 26.2 Å². The van der Waals surface area contributed by atoms with Crippen LogP contribution in [0.4, 0.5) is 5.13 Å². The minimum atomic E-state index is -0.165. The number of thiazole rings is 1. The number of nitrogens with one attached hydrogen (secondary N) is 1. The van der Waals surface area contributed by atoms with Crippen molar-refractivity contribution in [3.05, 3.63) is 33.0 Å². The van der Waals surface area contributed by atoms with Gasteiger partial charge in [0.15, 0.2) is 5.13 Å². The summed E-state index contributed by atoms with van der Waals surface area (Å²) in [4.78, 5) is 17.4. The van der Waals surface area contributed by atoms with E-state index in [1.165, 1.54) is 22.7 Å². The first-order valence-corrected chi connectivity index (χ1v) is 8.21. The van der Waals surface area contributed by atoms with Crippen LogP contribution in [0.25, 0.3) is 0 Å². The maximum absolute atomic E-state index is 12.1. The van der Waals surface area contributed by atoms with Crippen LogP contribution in [-0.4, -0.2) is 17.4 Å². The monoisotopic (exact) mass is 319 g/mol. The van der Waals surface area contributed by atoms with E-state index in [-0.39, 0.29) is 11.3 Å². The van der Waals surface area contributed by atoms with Gasteiger partial charge in [0.2, 0.25) is 0 Å². The zero-order chi connectivity index (χ0) is 15.5. The van der Waals surface area contributed by atoms with Crippen LogP contribution >= 0.6 is 22.7 Å². The molecule has 0 atom stereocenters. The van der Waals surface area contributed by atoms with E-state index in [9.17, 15) is 4.79 Å². The second-order valence-electron chi connectivity index (χ2n) is 5.45. The summed E-state index contributed by atoms with van der Waals surface area (Å²) in [5.74, 6) is 5.53. The Morgan fingerprint density at radius 2 is 2.14 bits per heavy atom. The van der Waals surface area contributed by atoms with Crippen molar-refractivity contribution in [1.82, 2.24) is 4.98 Å². The molecular formula is C15H17N3OS2.